The lowest BCUT2D eigenvalue weighted by Crippen LogP contribution is -2.59. The zero-order valence-corrected chi connectivity index (χ0v) is 25.3. The number of unbranched alkanes of at least 4 members (excludes halogenated alkanes) is 2. The van der Waals surface area contributed by atoms with E-state index in [4.69, 9.17) is 4.74 Å². The second-order valence-electron chi connectivity index (χ2n) is 12.3. The van der Waals surface area contributed by atoms with Gasteiger partial charge in [-0.05, 0) is 78.1 Å². The fourth-order valence-electron chi connectivity index (χ4n) is 4.47. The fraction of sp³-hybridized carbons (Fsp3) is 0.531. The molecule has 40 heavy (non-hydrogen) atoms. The molecule has 3 N–H and O–H groups in total. The topological polar surface area (TPSA) is 108 Å². The van der Waals surface area contributed by atoms with Gasteiger partial charge < -0.3 is 25.4 Å². The molecule has 0 aliphatic rings. The quantitative estimate of drug-likeness (QED) is 0.304. The molecule has 0 aliphatic heterocycles. The molecule has 0 aromatic heterocycles. The number of alkyl carbamates (subject to hydrolysis) is 1. The number of phenols is 1. The van der Waals surface area contributed by atoms with Gasteiger partial charge in [-0.1, -0.05) is 61.7 Å². The third-order valence-corrected chi connectivity index (χ3v) is 6.27. The Morgan fingerprint density at radius 3 is 2.17 bits per heavy atom. The van der Waals surface area contributed by atoms with Crippen LogP contribution in [0.2, 0.25) is 0 Å². The van der Waals surface area contributed by atoms with Crippen molar-refractivity contribution in [3.63, 3.8) is 0 Å². The molecule has 2 unspecified atom stereocenters. The van der Waals surface area contributed by atoms with Crippen LogP contribution in [-0.4, -0.2) is 51.6 Å². The van der Waals surface area contributed by atoms with E-state index in [1.54, 1.807) is 37.8 Å². The van der Waals surface area contributed by atoms with Crippen LogP contribution in [0.1, 0.15) is 90.5 Å². The van der Waals surface area contributed by atoms with Crippen molar-refractivity contribution in [2.45, 2.75) is 104 Å². The number of aryl methyl sites for hydroxylation is 1. The van der Waals surface area contributed by atoms with Gasteiger partial charge in [0.25, 0.3) is 0 Å². The first-order valence-corrected chi connectivity index (χ1v) is 14.1. The van der Waals surface area contributed by atoms with E-state index in [0.717, 1.165) is 30.4 Å². The van der Waals surface area contributed by atoms with Crippen LogP contribution in [0.15, 0.2) is 48.5 Å². The SMILES string of the molecule is CCCCCNC(=O)C(c1cccc(C)c1)N(C(=O)C(Cc1ccc(O)cc1)NC(=O)OC(C)(C)C)C(C)(C)C. The Morgan fingerprint density at radius 1 is 0.975 bits per heavy atom. The summed E-state index contributed by atoms with van der Waals surface area (Å²) in [4.78, 5) is 42.7. The number of rotatable bonds is 11. The molecule has 0 spiro atoms. The number of hydrogen-bond acceptors (Lipinski definition) is 5. The van der Waals surface area contributed by atoms with Crippen molar-refractivity contribution in [1.82, 2.24) is 15.5 Å². The highest BCUT2D eigenvalue weighted by Crippen LogP contribution is 2.31. The van der Waals surface area contributed by atoms with Crippen molar-refractivity contribution in [1.29, 1.82) is 0 Å². The summed E-state index contributed by atoms with van der Waals surface area (Å²) in [7, 11) is 0. The summed E-state index contributed by atoms with van der Waals surface area (Å²) >= 11 is 0. The zero-order valence-electron chi connectivity index (χ0n) is 25.3. The minimum Gasteiger partial charge on any atom is -0.508 e. The Labute approximate surface area is 239 Å². The van der Waals surface area contributed by atoms with Crippen molar-refractivity contribution in [2.24, 2.45) is 0 Å². The number of ether oxygens (including phenoxy) is 1. The molecule has 8 heteroatoms. The number of aromatic hydroxyl groups is 1. The van der Waals surface area contributed by atoms with Gasteiger partial charge in [-0.3, -0.25) is 9.59 Å². The van der Waals surface area contributed by atoms with Gasteiger partial charge >= 0.3 is 6.09 Å². The van der Waals surface area contributed by atoms with Crippen LogP contribution in [0.3, 0.4) is 0 Å². The standard InChI is InChI=1S/C32H47N3O5/c1-9-10-11-19-33-28(37)27(24-14-12-13-22(2)20-24)35(31(3,4)5)29(38)26(34-30(39)40-32(6,7)8)21-23-15-17-25(36)18-16-23/h12-18,20,26-27,36H,9-11,19,21H2,1-8H3,(H,33,37)(H,34,39). The number of phenolic OH excluding ortho intramolecular Hbond substituents is 1. The molecule has 0 radical (unpaired) electrons. The van der Waals surface area contributed by atoms with Gasteiger partial charge in [-0.15, -0.1) is 0 Å². The lowest BCUT2D eigenvalue weighted by Gasteiger charge is -2.43. The summed E-state index contributed by atoms with van der Waals surface area (Å²) in [6.45, 7) is 15.4. The molecule has 0 fully saturated rings. The highest BCUT2D eigenvalue weighted by molar-refractivity contribution is 5.92. The zero-order chi connectivity index (χ0) is 30.1. The smallest absolute Gasteiger partial charge is 0.408 e. The van der Waals surface area contributed by atoms with Crippen LogP contribution in [0.25, 0.3) is 0 Å². The van der Waals surface area contributed by atoms with Crippen LogP contribution in [-0.2, 0) is 20.7 Å². The number of amides is 3. The monoisotopic (exact) mass is 553 g/mol. The van der Waals surface area contributed by atoms with Crippen LogP contribution >= 0.6 is 0 Å². The highest BCUT2D eigenvalue weighted by atomic mass is 16.6. The maximum Gasteiger partial charge on any atom is 0.408 e. The number of hydrogen-bond donors (Lipinski definition) is 3. The van der Waals surface area contributed by atoms with E-state index in [1.165, 1.54) is 12.1 Å². The average Bonchev–Trinajstić information content (AvgIpc) is 2.83. The van der Waals surface area contributed by atoms with Crippen LogP contribution < -0.4 is 10.6 Å². The van der Waals surface area contributed by atoms with E-state index >= 15 is 0 Å². The Bertz CT molecular complexity index is 1130. The van der Waals surface area contributed by atoms with Crippen molar-refractivity contribution >= 4 is 17.9 Å². The van der Waals surface area contributed by atoms with Gasteiger partial charge in [0.1, 0.15) is 23.4 Å². The number of carbonyl (C=O) groups is 3. The fourth-order valence-corrected chi connectivity index (χ4v) is 4.47. The van der Waals surface area contributed by atoms with E-state index in [-0.39, 0.29) is 18.1 Å². The maximum atomic E-state index is 14.5. The normalized spacial score (nSPS) is 13.2. The van der Waals surface area contributed by atoms with Crippen LogP contribution in [0.5, 0.6) is 5.75 Å². The number of nitrogens with zero attached hydrogens (tertiary/aromatic N) is 1. The molecule has 2 rings (SSSR count). The minimum absolute atomic E-state index is 0.0994. The van der Waals surface area contributed by atoms with Gasteiger partial charge in [-0.2, -0.15) is 0 Å². The Morgan fingerprint density at radius 2 is 1.62 bits per heavy atom. The lowest BCUT2D eigenvalue weighted by molar-refractivity contribution is -0.148. The van der Waals surface area contributed by atoms with E-state index in [0.29, 0.717) is 12.1 Å². The molecular formula is C32H47N3O5. The maximum absolute atomic E-state index is 14.5. The van der Waals surface area contributed by atoms with Crippen molar-refractivity contribution in [2.75, 3.05) is 6.54 Å². The number of nitrogens with one attached hydrogen (secondary N) is 2. The van der Waals surface area contributed by atoms with Gasteiger partial charge in [0.2, 0.25) is 11.8 Å². The molecule has 3 amide bonds. The van der Waals surface area contributed by atoms with Gasteiger partial charge in [0.15, 0.2) is 0 Å². The van der Waals surface area contributed by atoms with Crippen LogP contribution in [0.4, 0.5) is 4.79 Å². The minimum atomic E-state index is -1.03. The van der Waals surface area contributed by atoms with E-state index in [9.17, 15) is 19.5 Å². The summed E-state index contributed by atoms with van der Waals surface area (Å²) in [5.41, 5.74) is 0.849. The third-order valence-electron chi connectivity index (χ3n) is 6.27. The lowest BCUT2D eigenvalue weighted by atomic mass is 9.93. The van der Waals surface area contributed by atoms with E-state index in [2.05, 4.69) is 17.6 Å². The third kappa shape index (κ3) is 10.2. The molecule has 0 bridgehead atoms. The Kier molecular flexibility index (Phi) is 11.6. The van der Waals surface area contributed by atoms with Gasteiger partial charge in [0.05, 0.1) is 0 Å². The largest absolute Gasteiger partial charge is 0.508 e. The van der Waals surface area contributed by atoms with Crippen LogP contribution in [0, 0.1) is 6.92 Å². The predicted molar refractivity (Wildman–Crippen MR) is 158 cm³/mol. The molecule has 0 aliphatic carbocycles. The van der Waals surface area contributed by atoms with Crippen molar-refractivity contribution in [3.8, 4) is 5.75 Å². The first kappa shape index (κ1) is 32.7. The molecule has 2 aromatic rings. The number of carbonyl (C=O) groups excluding carboxylic acids is 3. The molecular weight excluding hydrogens is 506 g/mol. The molecule has 0 saturated heterocycles. The van der Waals surface area contributed by atoms with Gasteiger partial charge in [-0.25, -0.2) is 4.79 Å². The second kappa shape index (κ2) is 14.2. The summed E-state index contributed by atoms with van der Waals surface area (Å²) in [6.07, 6.45) is 2.28. The second-order valence-corrected chi connectivity index (χ2v) is 12.3. The molecule has 220 valence electrons. The average molecular weight is 554 g/mol. The summed E-state index contributed by atoms with van der Waals surface area (Å²) in [5, 5.41) is 15.5. The molecule has 2 atom stereocenters. The summed E-state index contributed by atoms with van der Waals surface area (Å²) in [5.74, 6) is -0.588. The van der Waals surface area contributed by atoms with Gasteiger partial charge in [0, 0.05) is 18.5 Å². The highest BCUT2D eigenvalue weighted by Gasteiger charge is 2.42. The van der Waals surface area contributed by atoms with Crippen molar-refractivity contribution in [3.05, 3.63) is 65.2 Å². The molecule has 0 heterocycles. The summed E-state index contributed by atoms with van der Waals surface area (Å²) < 4.78 is 5.48. The Hall–Kier alpha value is -3.55. The first-order valence-electron chi connectivity index (χ1n) is 14.1. The number of benzene rings is 2. The van der Waals surface area contributed by atoms with E-state index in [1.807, 2.05) is 52.0 Å². The molecule has 0 saturated carbocycles. The van der Waals surface area contributed by atoms with Crippen molar-refractivity contribution < 1.29 is 24.2 Å². The first-order chi connectivity index (χ1) is 18.6. The van der Waals surface area contributed by atoms with E-state index < -0.39 is 35.2 Å². The molecule has 8 nitrogen and oxygen atoms in total. The molecule has 2 aromatic carbocycles. The summed E-state index contributed by atoms with van der Waals surface area (Å²) in [6, 6.07) is 12.1. The Balaban J connectivity index is 2.56. The predicted octanol–water partition coefficient (Wildman–Crippen LogP) is 5.81.